The van der Waals surface area contributed by atoms with E-state index in [1.165, 1.54) is 5.56 Å². The van der Waals surface area contributed by atoms with Crippen LogP contribution in [0.25, 0.3) is 0 Å². The zero-order valence-corrected chi connectivity index (χ0v) is 18.7. The second-order valence-corrected chi connectivity index (χ2v) is 8.39. The third kappa shape index (κ3) is 5.03. The van der Waals surface area contributed by atoms with Crippen molar-refractivity contribution >= 4 is 33.4 Å². The van der Waals surface area contributed by atoms with Crippen molar-refractivity contribution in [2.45, 2.75) is 13.3 Å². The molecule has 2 heterocycles. The van der Waals surface area contributed by atoms with E-state index in [4.69, 9.17) is 16.3 Å². The van der Waals surface area contributed by atoms with Gasteiger partial charge in [0, 0.05) is 48.4 Å². The molecule has 1 fully saturated rings. The van der Waals surface area contributed by atoms with E-state index in [1.54, 1.807) is 41.2 Å². The zero-order valence-electron chi connectivity index (χ0n) is 16.4. The van der Waals surface area contributed by atoms with E-state index in [0.717, 1.165) is 24.1 Å². The fourth-order valence-electron chi connectivity index (χ4n) is 3.42. The molecule has 4 rings (SSSR count). The lowest BCUT2D eigenvalue weighted by Gasteiger charge is -2.34. The normalized spacial score (nSPS) is 14.7. The number of aromatic nitrogens is 2. The number of hydrogen-bond donors (Lipinski definition) is 0. The molecular weight excluding hydrogens is 468 g/mol. The molecule has 0 aliphatic carbocycles. The van der Waals surface area contributed by atoms with Crippen molar-refractivity contribution in [3.8, 4) is 5.75 Å². The molecule has 0 spiro atoms. The standard InChI is InChI=1S/C22H22BrClN4O2/c23-20-4-2-1-3-17(20)15-26-11-13-27(14-12-26)22(29)21-9-10-25-28(21)16-30-19-7-5-18(24)6-8-19/h1-10H,11-16H2. The number of carbonyl (C=O) groups excluding carboxylic acids is 1. The van der Waals surface area contributed by atoms with Gasteiger partial charge in [0.15, 0.2) is 6.73 Å². The van der Waals surface area contributed by atoms with Crippen LogP contribution in [0, 0.1) is 0 Å². The summed E-state index contributed by atoms with van der Waals surface area (Å²) in [6.07, 6.45) is 1.63. The number of piperazine rings is 1. The Morgan fingerprint density at radius 1 is 1.03 bits per heavy atom. The summed E-state index contributed by atoms with van der Waals surface area (Å²) in [5.74, 6) is 0.654. The van der Waals surface area contributed by atoms with E-state index in [0.29, 0.717) is 29.6 Å². The highest BCUT2D eigenvalue weighted by Crippen LogP contribution is 2.19. The number of hydrogen-bond acceptors (Lipinski definition) is 4. The Kier molecular flexibility index (Phi) is 6.72. The van der Waals surface area contributed by atoms with E-state index in [2.05, 4.69) is 38.1 Å². The SMILES string of the molecule is O=C(c1ccnn1COc1ccc(Cl)cc1)N1CCN(Cc2ccccc2Br)CC1. The molecule has 2 aromatic carbocycles. The first-order valence-corrected chi connectivity index (χ1v) is 10.9. The molecule has 0 bridgehead atoms. The van der Waals surface area contributed by atoms with Gasteiger partial charge in [-0.3, -0.25) is 9.69 Å². The van der Waals surface area contributed by atoms with Gasteiger partial charge in [0.2, 0.25) is 0 Å². The molecule has 1 aliphatic heterocycles. The second kappa shape index (κ2) is 9.64. The smallest absolute Gasteiger partial charge is 0.272 e. The molecule has 1 amide bonds. The quantitative estimate of drug-likeness (QED) is 0.518. The van der Waals surface area contributed by atoms with E-state index in [9.17, 15) is 4.79 Å². The second-order valence-electron chi connectivity index (χ2n) is 7.10. The molecule has 0 unspecified atom stereocenters. The first kappa shape index (κ1) is 20.9. The Hall–Kier alpha value is -2.35. The van der Waals surface area contributed by atoms with Crippen LogP contribution in [0.15, 0.2) is 65.3 Å². The van der Waals surface area contributed by atoms with Crippen molar-refractivity contribution in [3.05, 3.63) is 81.5 Å². The highest BCUT2D eigenvalue weighted by atomic mass is 79.9. The molecule has 3 aromatic rings. The summed E-state index contributed by atoms with van der Waals surface area (Å²) in [6, 6.07) is 17.1. The Morgan fingerprint density at radius 3 is 2.50 bits per heavy atom. The van der Waals surface area contributed by atoms with Crippen LogP contribution in [-0.2, 0) is 13.3 Å². The zero-order chi connectivity index (χ0) is 20.9. The fraction of sp³-hybridized carbons (Fsp3) is 0.273. The summed E-state index contributed by atoms with van der Waals surface area (Å²) >= 11 is 9.51. The molecule has 0 radical (unpaired) electrons. The Bertz CT molecular complexity index is 1000. The third-order valence-corrected chi connectivity index (χ3v) is 6.14. The van der Waals surface area contributed by atoms with Crippen molar-refractivity contribution in [3.63, 3.8) is 0 Å². The van der Waals surface area contributed by atoms with Crippen molar-refractivity contribution in [1.29, 1.82) is 0 Å². The van der Waals surface area contributed by atoms with Gasteiger partial charge in [-0.25, -0.2) is 4.68 Å². The van der Waals surface area contributed by atoms with Gasteiger partial charge in [0.1, 0.15) is 11.4 Å². The lowest BCUT2D eigenvalue weighted by molar-refractivity contribution is 0.0607. The van der Waals surface area contributed by atoms with Crippen LogP contribution >= 0.6 is 27.5 Å². The predicted molar refractivity (Wildman–Crippen MR) is 120 cm³/mol. The molecule has 0 saturated carbocycles. The average Bonchev–Trinajstić information content (AvgIpc) is 3.24. The largest absolute Gasteiger partial charge is 0.471 e. The van der Waals surface area contributed by atoms with E-state index in [1.807, 2.05) is 17.0 Å². The number of halogens is 2. The summed E-state index contributed by atoms with van der Waals surface area (Å²) in [7, 11) is 0. The van der Waals surface area contributed by atoms with Crippen LogP contribution in [-0.4, -0.2) is 51.7 Å². The van der Waals surface area contributed by atoms with Crippen molar-refractivity contribution < 1.29 is 9.53 Å². The van der Waals surface area contributed by atoms with Crippen LogP contribution in [0.5, 0.6) is 5.75 Å². The number of ether oxygens (including phenoxy) is 1. The molecule has 0 N–H and O–H groups in total. The fourth-order valence-corrected chi connectivity index (χ4v) is 3.96. The summed E-state index contributed by atoms with van der Waals surface area (Å²) in [6.45, 7) is 4.08. The van der Waals surface area contributed by atoms with Crippen molar-refractivity contribution in [2.24, 2.45) is 0 Å². The molecule has 0 atom stereocenters. The lowest BCUT2D eigenvalue weighted by atomic mass is 10.2. The predicted octanol–water partition coefficient (Wildman–Crippen LogP) is 4.29. The van der Waals surface area contributed by atoms with Gasteiger partial charge < -0.3 is 9.64 Å². The van der Waals surface area contributed by atoms with Crippen LogP contribution in [0.3, 0.4) is 0 Å². The van der Waals surface area contributed by atoms with Crippen LogP contribution in [0.1, 0.15) is 16.1 Å². The molecule has 1 aliphatic rings. The number of rotatable bonds is 6. The van der Waals surface area contributed by atoms with Gasteiger partial charge in [-0.05, 0) is 42.0 Å². The van der Waals surface area contributed by atoms with E-state index in [-0.39, 0.29) is 12.6 Å². The molecule has 8 heteroatoms. The number of nitrogens with zero attached hydrogens (tertiary/aromatic N) is 4. The molecule has 30 heavy (non-hydrogen) atoms. The van der Waals surface area contributed by atoms with Crippen molar-refractivity contribution in [1.82, 2.24) is 19.6 Å². The minimum atomic E-state index is -0.0206. The molecular formula is C22H22BrClN4O2. The van der Waals surface area contributed by atoms with Gasteiger partial charge in [0.05, 0.1) is 0 Å². The summed E-state index contributed by atoms with van der Waals surface area (Å²) < 4.78 is 8.44. The maximum Gasteiger partial charge on any atom is 0.272 e. The van der Waals surface area contributed by atoms with E-state index < -0.39 is 0 Å². The Balaban J connectivity index is 1.33. The van der Waals surface area contributed by atoms with Crippen LogP contribution in [0.4, 0.5) is 0 Å². The Morgan fingerprint density at radius 2 is 1.77 bits per heavy atom. The van der Waals surface area contributed by atoms with Gasteiger partial charge in [-0.2, -0.15) is 5.10 Å². The topological polar surface area (TPSA) is 50.6 Å². The number of benzene rings is 2. The number of amides is 1. The Labute approximate surface area is 189 Å². The molecule has 6 nitrogen and oxygen atoms in total. The maximum atomic E-state index is 13.0. The summed E-state index contributed by atoms with van der Waals surface area (Å²) in [5.41, 5.74) is 1.79. The molecule has 1 saturated heterocycles. The third-order valence-electron chi connectivity index (χ3n) is 5.11. The minimum absolute atomic E-state index is 0.0206. The summed E-state index contributed by atoms with van der Waals surface area (Å²) in [5, 5.41) is 4.90. The van der Waals surface area contributed by atoms with Crippen molar-refractivity contribution in [2.75, 3.05) is 26.2 Å². The van der Waals surface area contributed by atoms with Crippen LogP contribution < -0.4 is 4.74 Å². The maximum absolute atomic E-state index is 13.0. The monoisotopic (exact) mass is 488 g/mol. The lowest BCUT2D eigenvalue weighted by Crippen LogP contribution is -2.48. The van der Waals surface area contributed by atoms with Crippen LogP contribution in [0.2, 0.25) is 5.02 Å². The minimum Gasteiger partial charge on any atom is -0.471 e. The highest BCUT2D eigenvalue weighted by Gasteiger charge is 2.24. The van der Waals surface area contributed by atoms with Gasteiger partial charge in [0.25, 0.3) is 5.91 Å². The first-order valence-electron chi connectivity index (χ1n) is 9.75. The van der Waals surface area contributed by atoms with Gasteiger partial charge in [-0.1, -0.05) is 45.7 Å². The van der Waals surface area contributed by atoms with Gasteiger partial charge in [-0.15, -0.1) is 0 Å². The average molecular weight is 490 g/mol. The molecule has 1 aromatic heterocycles. The first-order chi connectivity index (χ1) is 14.6. The molecule has 156 valence electrons. The summed E-state index contributed by atoms with van der Waals surface area (Å²) in [4.78, 5) is 17.3. The highest BCUT2D eigenvalue weighted by molar-refractivity contribution is 9.10. The van der Waals surface area contributed by atoms with E-state index >= 15 is 0 Å². The number of carbonyl (C=O) groups is 1. The van der Waals surface area contributed by atoms with Gasteiger partial charge >= 0.3 is 0 Å².